The highest BCUT2D eigenvalue weighted by Gasteiger charge is 2.17. The van der Waals surface area contributed by atoms with Gasteiger partial charge in [0, 0.05) is 23.2 Å². The summed E-state index contributed by atoms with van der Waals surface area (Å²) in [5.41, 5.74) is 3.67. The van der Waals surface area contributed by atoms with E-state index in [2.05, 4.69) is 47.4 Å². The van der Waals surface area contributed by atoms with Gasteiger partial charge in [-0.15, -0.1) is 10.2 Å². The number of nitrogens with one attached hydrogen (secondary N) is 1. The molecule has 0 amide bonds. The van der Waals surface area contributed by atoms with Crippen molar-refractivity contribution in [1.82, 2.24) is 34.4 Å². The minimum atomic E-state index is -0.287. The van der Waals surface area contributed by atoms with E-state index < -0.39 is 0 Å². The molecular weight excluding hydrogens is 494 g/mol. The van der Waals surface area contributed by atoms with E-state index in [9.17, 15) is 5.11 Å². The summed E-state index contributed by atoms with van der Waals surface area (Å²) in [4.78, 5) is 19.6. The summed E-state index contributed by atoms with van der Waals surface area (Å²) in [7, 11) is 2.07. The Balaban J connectivity index is 1.21. The van der Waals surface area contributed by atoms with Crippen molar-refractivity contribution >= 4 is 39.6 Å². The van der Waals surface area contributed by atoms with Crippen LogP contribution < -0.4 is 15.2 Å². The molecular formula is C28H26N9O2-. The molecule has 2 aromatic carbocycles. The molecule has 0 bridgehead atoms. The van der Waals surface area contributed by atoms with Crippen molar-refractivity contribution < 1.29 is 9.84 Å². The molecule has 1 saturated heterocycles. The van der Waals surface area contributed by atoms with E-state index in [4.69, 9.17) is 4.74 Å². The summed E-state index contributed by atoms with van der Waals surface area (Å²) in [5.74, 6) is 1.42. The van der Waals surface area contributed by atoms with Gasteiger partial charge in [0.1, 0.15) is 30.5 Å². The molecule has 6 rings (SSSR count). The first-order valence-corrected chi connectivity index (χ1v) is 12.6. The highest BCUT2D eigenvalue weighted by atomic mass is 16.5. The van der Waals surface area contributed by atoms with Crippen LogP contribution in [0.4, 0.5) is 17.2 Å². The molecule has 0 aliphatic carbocycles. The number of aryl methyl sites for hydroxylation is 1. The van der Waals surface area contributed by atoms with E-state index in [1.165, 1.54) is 6.33 Å². The zero-order chi connectivity index (χ0) is 26.8. The minimum absolute atomic E-state index is 0.287. The summed E-state index contributed by atoms with van der Waals surface area (Å²) in [6, 6.07) is 13.2. The molecule has 5 aromatic rings. The van der Waals surface area contributed by atoms with Crippen LogP contribution in [0.15, 0.2) is 78.6 Å². The number of anilines is 2. The first-order chi connectivity index (χ1) is 19.0. The molecule has 1 fully saturated rings. The zero-order valence-corrected chi connectivity index (χ0v) is 21.5. The molecule has 1 aliphatic heterocycles. The Morgan fingerprint density at radius 3 is 2.90 bits per heavy atom. The summed E-state index contributed by atoms with van der Waals surface area (Å²) in [6.45, 7) is 3.00. The molecule has 0 radical (unpaired) electrons. The summed E-state index contributed by atoms with van der Waals surface area (Å²) >= 11 is 0. The second-order valence-corrected chi connectivity index (χ2v) is 9.45. The fourth-order valence-electron chi connectivity index (χ4n) is 4.61. The number of likely N-dealkylation sites (tertiary alicyclic amines) is 1. The normalized spacial score (nSPS) is 16.5. The van der Waals surface area contributed by atoms with Crippen LogP contribution in [0.2, 0.25) is 0 Å². The van der Waals surface area contributed by atoms with Gasteiger partial charge in [0.2, 0.25) is 5.88 Å². The van der Waals surface area contributed by atoms with Crippen molar-refractivity contribution in [2.75, 3.05) is 18.9 Å². The first kappa shape index (κ1) is 24.4. The smallest absolute Gasteiger partial charge is 0.224 e. The van der Waals surface area contributed by atoms with Crippen molar-refractivity contribution in [3.63, 3.8) is 0 Å². The van der Waals surface area contributed by atoms with Gasteiger partial charge in [0.15, 0.2) is 5.65 Å². The van der Waals surface area contributed by atoms with Crippen LogP contribution in [-0.4, -0.2) is 60.0 Å². The average molecular weight is 521 g/mol. The van der Waals surface area contributed by atoms with Gasteiger partial charge >= 0.3 is 0 Å². The molecule has 196 valence electrons. The molecule has 0 spiro atoms. The third-order valence-corrected chi connectivity index (χ3v) is 6.71. The van der Waals surface area contributed by atoms with Crippen LogP contribution >= 0.6 is 0 Å². The van der Waals surface area contributed by atoms with Gasteiger partial charge in [0.25, 0.3) is 0 Å². The van der Waals surface area contributed by atoms with E-state index in [0.717, 1.165) is 41.5 Å². The summed E-state index contributed by atoms with van der Waals surface area (Å²) < 4.78 is 7.68. The molecule has 0 saturated carbocycles. The fourth-order valence-corrected chi connectivity index (χ4v) is 4.61. The molecule has 0 unspecified atom stereocenters. The topological polar surface area (TPSA) is 129 Å². The van der Waals surface area contributed by atoms with Crippen LogP contribution in [0.25, 0.3) is 16.6 Å². The monoisotopic (exact) mass is 520 g/mol. The van der Waals surface area contributed by atoms with E-state index in [1.54, 1.807) is 35.3 Å². The second-order valence-electron chi connectivity index (χ2n) is 9.45. The Bertz CT molecular complexity index is 1710. The molecule has 3 aromatic heterocycles. The minimum Gasteiger partial charge on any atom is -0.859 e. The largest absolute Gasteiger partial charge is 0.859 e. The number of benzene rings is 2. The lowest BCUT2D eigenvalue weighted by Gasteiger charge is -2.15. The van der Waals surface area contributed by atoms with Crippen LogP contribution in [0.3, 0.4) is 0 Å². The molecule has 11 nitrogen and oxygen atoms in total. The standard InChI is InChI=1S/C28H27N9O2/c1-18-12-19(6-9-24(18)39-27-14-25-35-32-17-37(25)16-31-27)34-28-22-13-20(5-8-23(22)29-15-30-28)33-26(38)10-7-21-4-3-11-36(21)2/h5-10,12-17,21H,3-4,11H2,1-2H3,(H,33,38)(H,29,30,34)/p-1/b10-7+/t21-/m1/s1. The Hall–Kier alpha value is -4.90. The van der Waals surface area contributed by atoms with Crippen molar-refractivity contribution in [2.45, 2.75) is 25.8 Å². The Labute approximate surface area is 224 Å². The van der Waals surface area contributed by atoms with E-state index in [0.29, 0.717) is 34.8 Å². The molecule has 1 aliphatic rings. The number of fused-ring (bicyclic) bond motifs is 2. The molecule has 11 heteroatoms. The lowest BCUT2D eigenvalue weighted by Crippen LogP contribution is -2.23. The molecule has 4 heterocycles. The van der Waals surface area contributed by atoms with Gasteiger partial charge in [-0.25, -0.2) is 15.0 Å². The number of nitrogens with zero attached hydrogens (tertiary/aromatic N) is 8. The number of ether oxygens (including phenoxy) is 1. The highest BCUT2D eigenvalue weighted by Crippen LogP contribution is 2.30. The lowest BCUT2D eigenvalue weighted by molar-refractivity contribution is -0.211. The van der Waals surface area contributed by atoms with Gasteiger partial charge in [0.05, 0.1) is 11.2 Å². The Morgan fingerprint density at radius 1 is 1.13 bits per heavy atom. The molecule has 39 heavy (non-hydrogen) atoms. The maximum atomic E-state index is 12.5. The molecule has 1 atom stereocenters. The highest BCUT2D eigenvalue weighted by molar-refractivity contribution is 5.94. The molecule has 1 N–H and O–H groups in total. The predicted octanol–water partition coefficient (Wildman–Crippen LogP) is 3.95. The number of hydrogen-bond donors (Lipinski definition) is 1. The SMILES string of the molecule is Cc1cc(Nc2ncnc3ccc(N=C([O-])/C=C/[C@H]4CCCN4C)cc23)ccc1Oc1cc2nncn2cn1. The van der Waals surface area contributed by atoms with Crippen LogP contribution in [0.5, 0.6) is 11.6 Å². The lowest BCUT2D eigenvalue weighted by atomic mass is 10.1. The van der Waals surface area contributed by atoms with Gasteiger partial charge in [-0.05, 0) is 81.2 Å². The van der Waals surface area contributed by atoms with E-state index in [-0.39, 0.29) is 5.90 Å². The fraction of sp³-hybridized carbons (Fsp3) is 0.214. The third-order valence-electron chi connectivity index (χ3n) is 6.71. The van der Waals surface area contributed by atoms with Crippen LogP contribution in [0.1, 0.15) is 18.4 Å². The number of hydrogen-bond acceptors (Lipinski definition) is 10. The number of rotatable bonds is 7. The zero-order valence-electron chi connectivity index (χ0n) is 21.5. The first-order valence-electron chi connectivity index (χ1n) is 12.6. The quantitative estimate of drug-likeness (QED) is 0.250. The van der Waals surface area contributed by atoms with Crippen LogP contribution in [-0.2, 0) is 0 Å². The maximum absolute atomic E-state index is 12.5. The third kappa shape index (κ3) is 5.39. The summed E-state index contributed by atoms with van der Waals surface area (Å²) in [6.07, 6.45) is 10.4. The Morgan fingerprint density at radius 2 is 2.05 bits per heavy atom. The van der Waals surface area contributed by atoms with Gasteiger partial charge < -0.3 is 15.2 Å². The Kier molecular flexibility index (Phi) is 6.55. The van der Waals surface area contributed by atoms with Crippen LogP contribution in [0, 0.1) is 6.92 Å². The van der Waals surface area contributed by atoms with Gasteiger partial charge in [-0.1, -0.05) is 12.2 Å². The number of aliphatic imine (C=N–C) groups is 1. The van der Waals surface area contributed by atoms with Crippen molar-refractivity contribution in [3.05, 3.63) is 79.2 Å². The summed E-state index contributed by atoms with van der Waals surface area (Å²) in [5, 5.41) is 24.5. The van der Waals surface area contributed by atoms with Gasteiger partial charge in [-0.3, -0.25) is 14.3 Å². The maximum Gasteiger partial charge on any atom is 0.224 e. The van der Waals surface area contributed by atoms with Gasteiger partial charge in [-0.2, -0.15) is 0 Å². The van der Waals surface area contributed by atoms with Crippen molar-refractivity contribution in [3.8, 4) is 11.6 Å². The van der Waals surface area contributed by atoms with Crippen molar-refractivity contribution in [1.29, 1.82) is 0 Å². The van der Waals surface area contributed by atoms with Crippen molar-refractivity contribution in [2.24, 2.45) is 4.99 Å². The number of aromatic nitrogens is 6. The average Bonchev–Trinajstić information content (AvgIpc) is 3.57. The number of likely N-dealkylation sites (N-methyl/N-ethyl adjacent to an activating group) is 1. The second kappa shape index (κ2) is 10.5. The predicted molar refractivity (Wildman–Crippen MR) is 147 cm³/mol. The van der Waals surface area contributed by atoms with E-state index >= 15 is 0 Å². The van der Waals surface area contributed by atoms with E-state index in [1.807, 2.05) is 43.3 Å².